The van der Waals surface area contributed by atoms with E-state index in [4.69, 9.17) is 4.74 Å². The van der Waals surface area contributed by atoms with Crippen molar-refractivity contribution < 1.29 is 4.74 Å². The summed E-state index contributed by atoms with van der Waals surface area (Å²) in [5, 5.41) is 12.8. The maximum absolute atomic E-state index is 9.22. The summed E-state index contributed by atoms with van der Waals surface area (Å²) >= 11 is 0. The minimum Gasteiger partial charge on any atom is -0.497 e. The normalized spacial score (nSPS) is 24.5. The zero-order chi connectivity index (χ0) is 13.7. The summed E-state index contributed by atoms with van der Waals surface area (Å²) < 4.78 is 5.26. The van der Waals surface area contributed by atoms with E-state index >= 15 is 0 Å². The van der Waals surface area contributed by atoms with Gasteiger partial charge in [0.2, 0.25) is 0 Å². The highest BCUT2D eigenvalue weighted by molar-refractivity contribution is 5.30. The summed E-state index contributed by atoms with van der Waals surface area (Å²) in [7, 11) is 1.68. The lowest BCUT2D eigenvalue weighted by molar-refractivity contribution is 0.292. The van der Waals surface area contributed by atoms with Crippen LogP contribution < -0.4 is 10.1 Å². The Bertz CT molecular complexity index is 452. The largest absolute Gasteiger partial charge is 0.497 e. The van der Waals surface area contributed by atoms with Gasteiger partial charge in [-0.1, -0.05) is 25.0 Å². The number of rotatable bonds is 4. The molecule has 0 saturated heterocycles. The number of hydrogen-bond acceptors (Lipinski definition) is 3. The molecular weight excluding hydrogens is 236 g/mol. The van der Waals surface area contributed by atoms with E-state index in [9.17, 15) is 5.26 Å². The molecular formula is C16H22N2O. The standard InChI is InChI=1S/C16H22N2O/c1-12(13-7-5-8-15(10-13)19-2)18-16-9-4-3-6-14(16)11-17/h5,7-8,10,12,14,16,18H,3-4,6,9H2,1-2H3/t12-,14?,16?/m0/s1. The fourth-order valence-electron chi connectivity index (χ4n) is 2.81. The predicted molar refractivity (Wildman–Crippen MR) is 75.9 cm³/mol. The molecule has 0 aromatic heterocycles. The summed E-state index contributed by atoms with van der Waals surface area (Å²) in [5.74, 6) is 1.04. The predicted octanol–water partition coefficient (Wildman–Crippen LogP) is 3.43. The summed E-state index contributed by atoms with van der Waals surface area (Å²) in [4.78, 5) is 0. The molecule has 2 rings (SSSR count). The Morgan fingerprint density at radius 2 is 2.16 bits per heavy atom. The molecule has 0 aliphatic heterocycles. The van der Waals surface area contributed by atoms with Gasteiger partial charge in [-0.05, 0) is 37.5 Å². The van der Waals surface area contributed by atoms with Crippen molar-refractivity contribution in [2.45, 2.75) is 44.7 Å². The van der Waals surface area contributed by atoms with Gasteiger partial charge < -0.3 is 10.1 Å². The van der Waals surface area contributed by atoms with Crippen LogP contribution in [0.3, 0.4) is 0 Å². The van der Waals surface area contributed by atoms with E-state index in [0.29, 0.717) is 6.04 Å². The summed E-state index contributed by atoms with van der Waals surface area (Å²) in [5.41, 5.74) is 1.21. The average Bonchev–Trinajstić information content (AvgIpc) is 2.47. The molecule has 1 N–H and O–H groups in total. The topological polar surface area (TPSA) is 45.0 Å². The molecule has 3 heteroatoms. The number of nitrogens with one attached hydrogen (secondary N) is 1. The van der Waals surface area contributed by atoms with Crippen LogP contribution in [0, 0.1) is 17.2 Å². The molecule has 3 atom stereocenters. The Labute approximate surface area is 115 Å². The van der Waals surface area contributed by atoms with Crippen LogP contribution in [0.5, 0.6) is 5.75 Å². The van der Waals surface area contributed by atoms with E-state index in [-0.39, 0.29) is 12.0 Å². The minimum atomic E-state index is 0.154. The first-order valence-electron chi connectivity index (χ1n) is 7.04. The number of nitriles is 1. The Morgan fingerprint density at radius 1 is 1.37 bits per heavy atom. The Balaban J connectivity index is 2.03. The van der Waals surface area contributed by atoms with Crippen LogP contribution >= 0.6 is 0 Å². The van der Waals surface area contributed by atoms with Crippen molar-refractivity contribution >= 4 is 0 Å². The molecule has 1 fully saturated rings. The molecule has 1 aromatic rings. The molecule has 1 saturated carbocycles. The van der Waals surface area contributed by atoms with Gasteiger partial charge in [-0.2, -0.15) is 5.26 Å². The molecule has 0 amide bonds. The molecule has 0 spiro atoms. The quantitative estimate of drug-likeness (QED) is 0.900. The highest BCUT2D eigenvalue weighted by Crippen LogP contribution is 2.27. The Kier molecular flexibility index (Phi) is 4.81. The maximum Gasteiger partial charge on any atom is 0.119 e. The smallest absolute Gasteiger partial charge is 0.119 e. The zero-order valence-electron chi connectivity index (χ0n) is 11.7. The second-order valence-corrected chi connectivity index (χ2v) is 5.29. The van der Waals surface area contributed by atoms with Crippen LogP contribution in [0.2, 0.25) is 0 Å². The lowest BCUT2D eigenvalue weighted by atomic mass is 9.85. The third kappa shape index (κ3) is 3.48. The monoisotopic (exact) mass is 258 g/mol. The van der Waals surface area contributed by atoms with E-state index in [1.807, 2.05) is 12.1 Å². The molecule has 0 heterocycles. The molecule has 0 radical (unpaired) electrons. The molecule has 0 bridgehead atoms. The van der Waals surface area contributed by atoms with E-state index in [1.165, 1.54) is 18.4 Å². The van der Waals surface area contributed by atoms with Crippen LogP contribution in [0.4, 0.5) is 0 Å². The minimum absolute atomic E-state index is 0.154. The van der Waals surface area contributed by atoms with Crippen LogP contribution in [0.25, 0.3) is 0 Å². The van der Waals surface area contributed by atoms with Gasteiger partial charge >= 0.3 is 0 Å². The summed E-state index contributed by atoms with van der Waals surface area (Å²) in [6.07, 6.45) is 4.54. The number of ether oxygens (including phenoxy) is 1. The van der Waals surface area contributed by atoms with Gasteiger partial charge in [0.1, 0.15) is 5.75 Å². The Morgan fingerprint density at radius 3 is 2.89 bits per heavy atom. The van der Waals surface area contributed by atoms with Gasteiger partial charge in [0.15, 0.2) is 0 Å². The first-order valence-corrected chi connectivity index (χ1v) is 7.04. The van der Waals surface area contributed by atoms with Crippen molar-refractivity contribution in [2.75, 3.05) is 7.11 Å². The third-order valence-corrected chi connectivity index (χ3v) is 3.99. The number of hydrogen-bond donors (Lipinski definition) is 1. The van der Waals surface area contributed by atoms with Crippen molar-refractivity contribution in [3.8, 4) is 11.8 Å². The summed E-state index contributed by atoms with van der Waals surface area (Å²) in [6, 6.07) is 11.1. The van der Waals surface area contributed by atoms with Crippen LogP contribution in [-0.2, 0) is 0 Å². The molecule has 102 valence electrons. The SMILES string of the molecule is COc1cccc([C@H](C)NC2CCCCC2C#N)c1. The van der Waals surface area contributed by atoms with Crippen molar-refractivity contribution in [1.29, 1.82) is 5.26 Å². The fraction of sp³-hybridized carbons (Fsp3) is 0.562. The Hall–Kier alpha value is -1.53. The maximum atomic E-state index is 9.22. The second kappa shape index (κ2) is 6.58. The second-order valence-electron chi connectivity index (χ2n) is 5.29. The highest BCUT2D eigenvalue weighted by Gasteiger charge is 2.26. The first kappa shape index (κ1) is 13.9. The van der Waals surface area contributed by atoms with Gasteiger partial charge in [-0.3, -0.25) is 0 Å². The highest BCUT2D eigenvalue weighted by atomic mass is 16.5. The van der Waals surface area contributed by atoms with E-state index in [2.05, 4.69) is 30.4 Å². The van der Waals surface area contributed by atoms with Crippen molar-refractivity contribution in [3.63, 3.8) is 0 Å². The van der Waals surface area contributed by atoms with Crippen molar-refractivity contribution in [1.82, 2.24) is 5.32 Å². The summed E-state index contributed by atoms with van der Waals surface area (Å²) in [6.45, 7) is 2.15. The van der Waals surface area contributed by atoms with Gasteiger partial charge in [0.05, 0.1) is 19.1 Å². The lowest BCUT2D eigenvalue weighted by Crippen LogP contribution is -2.39. The van der Waals surface area contributed by atoms with E-state index in [1.54, 1.807) is 7.11 Å². The van der Waals surface area contributed by atoms with Gasteiger partial charge in [0.25, 0.3) is 0 Å². The zero-order valence-corrected chi connectivity index (χ0v) is 11.7. The number of nitrogens with zero attached hydrogens (tertiary/aromatic N) is 1. The lowest BCUT2D eigenvalue weighted by Gasteiger charge is -2.30. The number of benzene rings is 1. The van der Waals surface area contributed by atoms with Gasteiger partial charge in [0, 0.05) is 12.1 Å². The van der Waals surface area contributed by atoms with Crippen LogP contribution in [0.1, 0.15) is 44.2 Å². The number of methoxy groups -OCH3 is 1. The first-order chi connectivity index (χ1) is 9.24. The van der Waals surface area contributed by atoms with Gasteiger partial charge in [-0.25, -0.2) is 0 Å². The van der Waals surface area contributed by atoms with E-state index < -0.39 is 0 Å². The fourth-order valence-corrected chi connectivity index (χ4v) is 2.81. The molecule has 19 heavy (non-hydrogen) atoms. The van der Waals surface area contributed by atoms with E-state index in [0.717, 1.165) is 18.6 Å². The van der Waals surface area contributed by atoms with Crippen molar-refractivity contribution in [2.24, 2.45) is 5.92 Å². The van der Waals surface area contributed by atoms with Crippen LogP contribution in [0.15, 0.2) is 24.3 Å². The molecule has 2 unspecified atom stereocenters. The molecule has 1 aliphatic rings. The van der Waals surface area contributed by atoms with Crippen LogP contribution in [-0.4, -0.2) is 13.2 Å². The van der Waals surface area contributed by atoms with Gasteiger partial charge in [-0.15, -0.1) is 0 Å². The molecule has 1 aliphatic carbocycles. The molecule has 3 nitrogen and oxygen atoms in total. The average molecular weight is 258 g/mol. The third-order valence-electron chi connectivity index (χ3n) is 3.99. The van der Waals surface area contributed by atoms with Crippen molar-refractivity contribution in [3.05, 3.63) is 29.8 Å². The molecule has 1 aromatic carbocycles.